The Morgan fingerprint density at radius 1 is 0.717 bits per heavy atom. The minimum atomic E-state index is -4.18. The minimum absolute atomic E-state index is 0.000436. The van der Waals surface area contributed by atoms with Gasteiger partial charge in [-0.25, -0.2) is 13.2 Å². The van der Waals surface area contributed by atoms with Gasteiger partial charge in [0.25, 0.3) is 11.8 Å². The minimum Gasteiger partial charge on any atom is -0.491 e. The van der Waals surface area contributed by atoms with E-state index in [2.05, 4.69) is 40.4 Å². The van der Waals surface area contributed by atoms with Crippen LogP contribution in [0.2, 0.25) is 0 Å². The molecule has 4 rings (SSSR count). The number of ether oxygens (including phenoxy) is 5. The number of amides is 3. The summed E-state index contributed by atoms with van der Waals surface area (Å²) in [4.78, 5) is 53.0. The van der Waals surface area contributed by atoms with Crippen LogP contribution in [0.15, 0.2) is 116 Å². The van der Waals surface area contributed by atoms with Gasteiger partial charge in [-0.3, -0.25) is 14.4 Å². The summed E-state index contributed by atoms with van der Waals surface area (Å²) in [6.45, 7) is 10.7. The fraction of sp³-hybridized carbons (Fsp3) is 0.167. The molecule has 0 aliphatic carbocycles. The van der Waals surface area contributed by atoms with Crippen LogP contribution in [0.25, 0.3) is 0 Å². The molecule has 312 valence electrons. The Kier molecular flexibility index (Phi) is 16.0. The lowest BCUT2D eigenvalue weighted by Crippen LogP contribution is -2.43. The number of benzene rings is 4. The molecule has 0 aliphatic rings. The molecular formula is C42H42N6O11S. The van der Waals surface area contributed by atoms with E-state index >= 15 is 0 Å². The number of anilines is 4. The molecule has 0 unspecified atom stereocenters. The van der Waals surface area contributed by atoms with Gasteiger partial charge < -0.3 is 45.4 Å². The molecule has 1 atom stereocenters. The molecule has 4 aromatic rings. The zero-order valence-corrected chi connectivity index (χ0v) is 33.4. The molecule has 17 nitrogen and oxygen atoms in total. The van der Waals surface area contributed by atoms with Crippen LogP contribution in [-0.4, -0.2) is 72.2 Å². The van der Waals surface area contributed by atoms with Crippen molar-refractivity contribution in [3.05, 3.63) is 127 Å². The summed E-state index contributed by atoms with van der Waals surface area (Å²) in [6, 6.07) is 16.9. The first-order valence-corrected chi connectivity index (χ1v) is 19.3. The van der Waals surface area contributed by atoms with Crippen LogP contribution in [0.1, 0.15) is 37.5 Å². The zero-order valence-electron chi connectivity index (χ0n) is 32.6. The third-order valence-corrected chi connectivity index (χ3v) is 9.62. The highest BCUT2D eigenvalue weighted by Crippen LogP contribution is 2.42. The van der Waals surface area contributed by atoms with E-state index in [0.29, 0.717) is 5.69 Å². The first-order valence-electron chi connectivity index (χ1n) is 17.8. The zero-order chi connectivity index (χ0) is 43.8. The second-order valence-electron chi connectivity index (χ2n) is 12.2. The Labute approximate surface area is 346 Å². The number of nitrogens with two attached hydrogens (primary N) is 1. The number of carbonyl (C=O) groups is 4. The highest BCUT2D eigenvalue weighted by molar-refractivity contribution is 7.89. The van der Waals surface area contributed by atoms with Crippen LogP contribution in [-0.2, 0) is 19.6 Å². The summed E-state index contributed by atoms with van der Waals surface area (Å²) in [6.07, 6.45) is 3.85. The van der Waals surface area contributed by atoms with Crippen LogP contribution < -0.4 is 45.4 Å². The summed E-state index contributed by atoms with van der Waals surface area (Å²) >= 11 is 0. The molecule has 0 fully saturated rings. The molecule has 0 saturated carbocycles. The van der Waals surface area contributed by atoms with Gasteiger partial charge in [0.15, 0.2) is 23.0 Å². The van der Waals surface area contributed by atoms with Crippen molar-refractivity contribution >= 4 is 56.5 Å². The van der Waals surface area contributed by atoms with Crippen LogP contribution in [0.4, 0.5) is 22.7 Å². The standard InChI is InChI=1S/C42H42N6O11S/c1-6-23-57-35-30(40(50)47-33-20-18-31(42(52)59-25-8-3)36(38(33)56-5)58-24-7-2)17-19-32(37(35)55-4)46-39(49)26-9-13-28(14-10-26)45-41(51)34(21-22-43)48-60(53,54)29-15-11-27(44)12-16-29/h6-20,34,48H,1-3,21,23-25,44H2,4-5H3,(H,45,51)(H,46,49)(H,47,50)/t34-/m0/s1. The first kappa shape index (κ1) is 45.1. The van der Waals surface area contributed by atoms with Gasteiger partial charge in [-0.1, -0.05) is 38.0 Å². The highest BCUT2D eigenvalue weighted by Gasteiger charge is 2.28. The van der Waals surface area contributed by atoms with E-state index in [1.807, 2.05) is 0 Å². The smallest absolute Gasteiger partial charge is 0.342 e. The van der Waals surface area contributed by atoms with Gasteiger partial charge in [0.05, 0.1) is 48.5 Å². The summed E-state index contributed by atoms with van der Waals surface area (Å²) < 4.78 is 55.9. The molecule has 18 heteroatoms. The van der Waals surface area contributed by atoms with Gasteiger partial charge in [-0.15, -0.1) is 0 Å². The third kappa shape index (κ3) is 11.3. The van der Waals surface area contributed by atoms with Crippen molar-refractivity contribution in [3.63, 3.8) is 0 Å². The number of hydrogen-bond acceptors (Lipinski definition) is 13. The molecule has 6 N–H and O–H groups in total. The van der Waals surface area contributed by atoms with Crippen molar-refractivity contribution in [1.29, 1.82) is 5.26 Å². The van der Waals surface area contributed by atoms with E-state index in [4.69, 9.17) is 29.4 Å². The SMILES string of the molecule is C=CCOC(=O)c1ccc(NC(=O)c2ccc(NC(=O)c3ccc(NC(=O)[C@H](CC#N)NS(=O)(=O)c4ccc(N)cc4)cc3)c(OC)c2OCC=C)c(OC)c1OCC=C. The summed E-state index contributed by atoms with van der Waals surface area (Å²) in [5, 5.41) is 17.3. The Morgan fingerprint density at radius 3 is 1.78 bits per heavy atom. The lowest BCUT2D eigenvalue weighted by Gasteiger charge is -2.20. The van der Waals surface area contributed by atoms with Crippen LogP contribution >= 0.6 is 0 Å². The van der Waals surface area contributed by atoms with Crippen molar-refractivity contribution < 1.29 is 51.3 Å². The Balaban J connectivity index is 1.55. The average Bonchev–Trinajstić information content (AvgIpc) is 3.23. The maximum atomic E-state index is 13.8. The molecule has 0 heterocycles. The van der Waals surface area contributed by atoms with Gasteiger partial charge >= 0.3 is 5.97 Å². The maximum absolute atomic E-state index is 13.8. The number of nitrogens with zero attached hydrogens (tertiary/aromatic N) is 1. The number of rotatable bonds is 21. The predicted molar refractivity (Wildman–Crippen MR) is 224 cm³/mol. The highest BCUT2D eigenvalue weighted by atomic mass is 32.2. The predicted octanol–water partition coefficient (Wildman–Crippen LogP) is 5.46. The second kappa shape index (κ2) is 21.2. The number of nitriles is 1. The lowest BCUT2D eigenvalue weighted by molar-refractivity contribution is -0.117. The fourth-order valence-electron chi connectivity index (χ4n) is 5.35. The molecule has 4 aromatic carbocycles. The van der Waals surface area contributed by atoms with Crippen LogP contribution in [0.3, 0.4) is 0 Å². The Hall–Kier alpha value is -7.62. The van der Waals surface area contributed by atoms with Crippen LogP contribution in [0, 0.1) is 11.3 Å². The van der Waals surface area contributed by atoms with Crippen molar-refractivity contribution in [1.82, 2.24) is 4.72 Å². The molecule has 0 aliphatic heterocycles. The first-order chi connectivity index (χ1) is 28.8. The average molecular weight is 839 g/mol. The molecule has 0 spiro atoms. The van der Waals surface area contributed by atoms with E-state index in [9.17, 15) is 32.9 Å². The summed E-state index contributed by atoms with van der Waals surface area (Å²) in [5.74, 6) is -2.85. The number of nitrogens with one attached hydrogen (secondary N) is 4. The molecule has 3 amide bonds. The van der Waals surface area contributed by atoms with E-state index < -0.39 is 46.2 Å². The number of carbonyl (C=O) groups excluding carboxylic acids is 4. The molecule has 0 aromatic heterocycles. The van der Waals surface area contributed by atoms with Gasteiger partial charge in [0.1, 0.15) is 31.4 Å². The summed E-state index contributed by atoms with van der Waals surface area (Å²) in [7, 11) is -1.53. The van der Waals surface area contributed by atoms with E-state index in [-0.39, 0.29) is 81.5 Å². The fourth-order valence-corrected chi connectivity index (χ4v) is 6.55. The topological polar surface area (TPSA) is 246 Å². The van der Waals surface area contributed by atoms with E-state index in [1.54, 1.807) is 6.07 Å². The molecule has 60 heavy (non-hydrogen) atoms. The van der Waals surface area contributed by atoms with Crippen molar-refractivity contribution in [2.75, 3.05) is 55.7 Å². The maximum Gasteiger partial charge on any atom is 0.342 e. The number of sulfonamides is 1. The molecule has 0 radical (unpaired) electrons. The van der Waals surface area contributed by atoms with E-state index in [1.165, 1.54) is 105 Å². The molecule has 0 saturated heterocycles. The van der Waals surface area contributed by atoms with Gasteiger partial charge in [-0.05, 0) is 72.8 Å². The molecular weight excluding hydrogens is 797 g/mol. The quantitative estimate of drug-likeness (QED) is 0.0398. The largest absolute Gasteiger partial charge is 0.491 e. The van der Waals surface area contributed by atoms with Crippen molar-refractivity contribution in [2.24, 2.45) is 0 Å². The van der Waals surface area contributed by atoms with E-state index in [0.717, 1.165) is 0 Å². The van der Waals surface area contributed by atoms with Gasteiger partial charge in [0.2, 0.25) is 15.9 Å². The Morgan fingerprint density at radius 2 is 1.25 bits per heavy atom. The van der Waals surface area contributed by atoms with Gasteiger partial charge in [0, 0.05) is 16.9 Å². The summed E-state index contributed by atoms with van der Waals surface area (Å²) in [5.41, 5.74) is 6.61. The van der Waals surface area contributed by atoms with Crippen molar-refractivity contribution in [3.8, 4) is 29.1 Å². The number of esters is 1. The number of methoxy groups -OCH3 is 2. The number of hydrogen-bond donors (Lipinski definition) is 5. The molecule has 0 bridgehead atoms. The second-order valence-corrected chi connectivity index (χ2v) is 13.9. The monoisotopic (exact) mass is 838 g/mol. The lowest BCUT2D eigenvalue weighted by atomic mass is 10.1. The van der Waals surface area contributed by atoms with Crippen LogP contribution in [0.5, 0.6) is 23.0 Å². The normalized spacial score (nSPS) is 11.1. The van der Waals surface area contributed by atoms with Gasteiger partial charge in [-0.2, -0.15) is 9.98 Å². The third-order valence-electron chi connectivity index (χ3n) is 8.13. The number of nitrogen functional groups attached to an aromatic ring is 1. The van der Waals surface area contributed by atoms with Crippen molar-refractivity contribution in [2.45, 2.75) is 17.4 Å². The Bertz CT molecular complexity index is 2410.